The maximum atomic E-state index is 9.31. The number of carbonyl (C=O) groups is 1. The van der Waals surface area contributed by atoms with E-state index >= 15 is 0 Å². The van der Waals surface area contributed by atoms with Crippen LogP contribution < -0.4 is 0 Å². The maximum absolute atomic E-state index is 9.31. The standard InChI is InChI=1S/C2H4OS.H3P/c1-2(3)4;/h1H3,(H,3,4);1H3. The molecule has 1 atom stereocenters. The molecule has 0 rings (SSSR count). The Balaban J connectivity index is 0. The minimum atomic E-state index is -0.139. The summed E-state index contributed by atoms with van der Waals surface area (Å²) < 4.78 is 0. The molecule has 0 amide bonds. The largest absolute Gasteiger partial charge is 0.288 e. The lowest BCUT2D eigenvalue weighted by Crippen LogP contribution is -1.62. The minimum absolute atomic E-state index is 0. The van der Waals surface area contributed by atoms with Crippen LogP contribution in [0.25, 0.3) is 0 Å². The molecule has 3 heteroatoms. The third kappa shape index (κ3) is 132. The van der Waals surface area contributed by atoms with E-state index in [1.807, 2.05) is 0 Å². The van der Waals surface area contributed by atoms with Crippen molar-refractivity contribution in [2.24, 2.45) is 0 Å². The maximum Gasteiger partial charge on any atom is 0.182 e. The quantitative estimate of drug-likeness (QED) is 0.355. The Morgan fingerprint density at radius 3 is 1.80 bits per heavy atom. The molecule has 32 valence electrons. The van der Waals surface area contributed by atoms with E-state index in [1.165, 1.54) is 6.92 Å². The Morgan fingerprint density at radius 1 is 1.80 bits per heavy atom. The van der Waals surface area contributed by atoms with Gasteiger partial charge in [-0.15, -0.1) is 12.6 Å². The van der Waals surface area contributed by atoms with Crippen LogP contribution in [0.4, 0.5) is 0 Å². The van der Waals surface area contributed by atoms with Crippen molar-refractivity contribution in [3.63, 3.8) is 0 Å². The average molecular weight is 110 g/mol. The van der Waals surface area contributed by atoms with Crippen molar-refractivity contribution in [3.8, 4) is 0 Å². The first-order chi connectivity index (χ1) is 1.73. The first-order valence-corrected chi connectivity index (χ1v) is 1.37. The van der Waals surface area contributed by atoms with Gasteiger partial charge in [-0.25, -0.2) is 0 Å². The molecule has 0 saturated heterocycles. The van der Waals surface area contributed by atoms with Gasteiger partial charge in [-0.05, 0) is 0 Å². The van der Waals surface area contributed by atoms with E-state index in [0.29, 0.717) is 0 Å². The van der Waals surface area contributed by atoms with Crippen molar-refractivity contribution in [3.05, 3.63) is 0 Å². The normalized spacial score (nSPS) is 5.20. The van der Waals surface area contributed by atoms with Gasteiger partial charge in [-0.3, -0.25) is 4.79 Å². The van der Waals surface area contributed by atoms with Crippen LogP contribution >= 0.6 is 22.5 Å². The fourth-order valence-corrected chi connectivity index (χ4v) is 0. The average Bonchev–Trinajstić information content (AvgIpc) is 0.811. The summed E-state index contributed by atoms with van der Waals surface area (Å²) >= 11 is 3.33. The number of thiol groups is 1. The lowest BCUT2D eigenvalue weighted by Gasteiger charge is -1.55. The number of hydrogen-bond donors (Lipinski definition) is 1. The Kier molecular flexibility index (Phi) is 8.07. The zero-order valence-corrected chi connectivity index (χ0v) is 5.37. The summed E-state index contributed by atoms with van der Waals surface area (Å²) in [6.45, 7) is 1.39. The zero-order valence-electron chi connectivity index (χ0n) is 3.06. The van der Waals surface area contributed by atoms with Crippen molar-refractivity contribution in [2.45, 2.75) is 6.92 Å². The Bertz CT molecular complexity index is 32.6. The second kappa shape index (κ2) is 4.45. The molecule has 0 fully saturated rings. The van der Waals surface area contributed by atoms with E-state index in [9.17, 15) is 4.79 Å². The summed E-state index contributed by atoms with van der Waals surface area (Å²) in [6.07, 6.45) is 0. The van der Waals surface area contributed by atoms with Crippen molar-refractivity contribution < 1.29 is 4.79 Å². The van der Waals surface area contributed by atoms with Gasteiger partial charge >= 0.3 is 0 Å². The van der Waals surface area contributed by atoms with Crippen LogP contribution in [-0.4, -0.2) is 5.12 Å². The third-order valence-electron chi connectivity index (χ3n) is 0. The molecular weight excluding hydrogens is 103 g/mol. The molecule has 1 nitrogen and oxygen atoms in total. The van der Waals surface area contributed by atoms with E-state index < -0.39 is 0 Å². The second-order valence-electron chi connectivity index (χ2n) is 0.519. The summed E-state index contributed by atoms with van der Waals surface area (Å²) in [5, 5.41) is -0.139. The van der Waals surface area contributed by atoms with Gasteiger partial charge in [0.15, 0.2) is 5.12 Å². The SMILES string of the molecule is CC(=O)S.P. The summed E-state index contributed by atoms with van der Waals surface area (Å²) in [6, 6.07) is 0. The zero-order chi connectivity index (χ0) is 3.58. The summed E-state index contributed by atoms with van der Waals surface area (Å²) in [5.74, 6) is 0. The van der Waals surface area contributed by atoms with Crippen LogP contribution in [0.5, 0.6) is 0 Å². The summed E-state index contributed by atoms with van der Waals surface area (Å²) in [7, 11) is 0. The first kappa shape index (κ1) is 9.07. The van der Waals surface area contributed by atoms with Gasteiger partial charge in [0, 0.05) is 6.92 Å². The minimum Gasteiger partial charge on any atom is -0.288 e. The van der Waals surface area contributed by atoms with Gasteiger partial charge in [0.2, 0.25) is 0 Å². The molecule has 0 bridgehead atoms. The van der Waals surface area contributed by atoms with Gasteiger partial charge < -0.3 is 0 Å². The molecule has 0 N–H and O–H groups in total. The molecule has 0 aliphatic heterocycles. The van der Waals surface area contributed by atoms with Crippen LogP contribution in [0.1, 0.15) is 6.92 Å². The van der Waals surface area contributed by atoms with E-state index in [1.54, 1.807) is 0 Å². The molecule has 0 aromatic rings. The molecule has 0 aromatic heterocycles. The van der Waals surface area contributed by atoms with Gasteiger partial charge in [0.25, 0.3) is 0 Å². The van der Waals surface area contributed by atoms with Gasteiger partial charge in [-0.2, -0.15) is 9.90 Å². The highest BCUT2D eigenvalue weighted by Crippen LogP contribution is 1.66. The molecule has 0 heterocycles. The lowest BCUT2D eigenvalue weighted by atomic mass is 10.9. The highest BCUT2D eigenvalue weighted by molar-refractivity contribution is 7.96. The number of carbonyl (C=O) groups excluding carboxylic acids is 1. The van der Waals surface area contributed by atoms with Gasteiger partial charge in [-0.1, -0.05) is 0 Å². The van der Waals surface area contributed by atoms with E-state index in [-0.39, 0.29) is 15.0 Å². The molecule has 0 aliphatic carbocycles. The summed E-state index contributed by atoms with van der Waals surface area (Å²) in [4.78, 5) is 9.31. The smallest absolute Gasteiger partial charge is 0.182 e. The van der Waals surface area contributed by atoms with Crippen molar-refractivity contribution in [1.29, 1.82) is 0 Å². The molecule has 0 saturated carbocycles. The van der Waals surface area contributed by atoms with Crippen LogP contribution in [0.2, 0.25) is 0 Å². The Labute approximate surface area is 40.2 Å². The van der Waals surface area contributed by atoms with Crippen LogP contribution in [0.15, 0.2) is 0 Å². The number of hydrogen-bond acceptors (Lipinski definition) is 1. The Hall–Kier alpha value is 0.450. The highest BCUT2D eigenvalue weighted by atomic mass is 32.1. The predicted molar refractivity (Wildman–Crippen MR) is 30.8 cm³/mol. The van der Waals surface area contributed by atoms with E-state index in [0.717, 1.165) is 0 Å². The molecule has 0 spiro atoms. The first-order valence-electron chi connectivity index (χ1n) is 0.928. The fraction of sp³-hybridized carbons (Fsp3) is 0.500. The molecule has 5 heavy (non-hydrogen) atoms. The number of rotatable bonds is 0. The predicted octanol–water partition coefficient (Wildman–Crippen LogP) is 0.521. The van der Waals surface area contributed by atoms with E-state index in [4.69, 9.17) is 0 Å². The van der Waals surface area contributed by atoms with Crippen molar-refractivity contribution >= 4 is 27.6 Å². The monoisotopic (exact) mass is 110 g/mol. The fourth-order valence-electron chi connectivity index (χ4n) is 0. The highest BCUT2D eigenvalue weighted by Gasteiger charge is 1.63. The molecule has 0 aliphatic rings. The lowest BCUT2D eigenvalue weighted by molar-refractivity contribution is -0.108. The summed E-state index contributed by atoms with van der Waals surface area (Å²) in [5.41, 5.74) is 0. The molecule has 0 aromatic carbocycles. The molecule has 1 unspecified atom stereocenters. The van der Waals surface area contributed by atoms with Crippen LogP contribution in [-0.2, 0) is 4.79 Å². The van der Waals surface area contributed by atoms with Crippen molar-refractivity contribution in [2.75, 3.05) is 0 Å². The van der Waals surface area contributed by atoms with Crippen molar-refractivity contribution in [1.82, 2.24) is 0 Å². The Morgan fingerprint density at radius 2 is 1.80 bits per heavy atom. The van der Waals surface area contributed by atoms with Crippen LogP contribution in [0, 0.1) is 0 Å². The van der Waals surface area contributed by atoms with Crippen LogP contribution in [0.3, 0.4) is 0 Å². The van der Waals surface area contributed by atoms with Gasteiger partial charge in [0.1, 0.15) is 0 Å². The second-order valence-corrected chi connectivity index (χ2v) is 1.15. The topological polar surface area (TPSA) is 17.1 Å². The van der Waals surface area contributed by atoms with Gasteiger partial charge in [0.05, 0.1) is 0 Å². The van der Waals surface area contributed by atoms with E-state index in [2.05, 4.69) is 12.6 Å². The molecule has 0 radical (unpaired) electrons. The molecular formula is C2H7OPS. The third-order valence-corrected chi connectivity index (χ3v) is 0.